The predicted molar refractivity (Wildman–Crippen MR) is 76.9 cm³/mol. The van der Waals surface area contributed by atoms with Crippen LogP contribution in [0.3, 0.4) is 0 Å². The average molecular weight is 277 g/mol. The van der Waals surface area contributed by atoms with Crippen LogP contribution in [0.1, 0.15) is 17.0 Å². The topological polar surface area (TPSA) is 47.1 Å². The highest BCUT2D eigenvalue weighted by Crippen LogP contribution is 2.25. The third-order valence-electron chi connectivity index (χ3n) is 3.78. The molecule has 2 aromatic rings. The summed E-state index contributed by atoms with van der Waals surface area (Å²) in [6.45, 7) is 2.71. The maximum atomic E-state index is 6.06. The van der Waals surface area contributed by atoms with Gasteiger partial charge in [-0.3, -0.25) is 4.90 Å². The molecule has 0 spiro atoms. The third-order valence-corrected chi connectivity index (χ3v) is 4.13. The molecule has 3 rings (SSSR count). The van der Waals surface area contributed by atoms with Gasteiger partial charge in [-0.1, -0.05) is 23.7 Å². The van der Waals surface area contributed by atoms with Crippen molar-refractivity contribution in [2.24, 2.45) is 7.05 Å². The Labute approximate surface area is 117 Å². The van der Waals surface area contributed by atoms with Crippen LogP contribution in [0.5, 0.6) is 0 Å². The van der Waals surface area contributed by atoms with E-state index in [0.29, 0.717) is 5.15 Å². The number of rotatable bonds is 2. The van der Waals surface area contributed by atoms with Gasteiger partial charge in [-0.2, -0.15) is 0 Å². The summed E-state index contributed by atoms with van der Waals surface area (Å²) in [7, 11) is 1.94. The lowest BCUT2D eigenvalue weighted by molar-refractivity contribution is 0.238. The van der Waals surface area contributed by atoms with Gasteiger partial charge in [0, 0.05) is 25.8 Å². The Morgan fingerprint density at radius 1 is 1.42 bits per heavy atom. The number of hydrogen-bond acceptors (Lipinski definition) is 3. The van der Waals surface area contributed by atoms with Gasteiger partial charge in [0.2, 0.25) is 0 Å². The van der Waals surface area contributed by atoms with Crippen molar-refractivity contribution in [3.05, 3.63) is 46.5 Å². The number of benzene rings is 1. The van der Waals surface area contributed by atoms with E-state index in [1.54, 1.807) is 6.20 Å². The van der Waals surface area contributed by atoms with Crippen LogP contribution in [0.4, 0.5) is 5.69 Å². The highest BCUT2D eigenvalue weighted by molar-refractivity contribution is 6.29. The molecule has 0 radical (unpaired) electrons. The van der Waals surface area contributed by atoms with E-state index < -0.39 is 0 Å². The fraction of sp³-hybridized carbons (Fsp3) is 0.357. The van der Waals surface area contributed by atoms with E-state index in [4.69, 9.17) is 17.3 Å². The Bertz CT molecular complexity index is 605. The minimum atomic E-state index is 0.673. The summed E-state index contributed by atoms with van der Waals surface area (Å²) in [4.78, 5) is 6.70. The highest BCUT2D eigenvalue weighted by atomic mass is 35.5. The Hall–Kier alpha value is -1.52. The number of aromatic nitrogens is 2. The van der Waals surface area contributed by atoms with E-state index in [2.05, 4.69) is 16.0 Å². The molecule has 0 fully saturated rings. The third kappa shape index (κ3) is 2.33. The Kier molecular flexibility index (Phi) is 3.21. The fourth-order valence-corrected chi connectivity index (χ4v) is 2.72. The average Bonchev–Trinajstić information content (AvgIpc) is 2.72. The Morgan fingerprint density at radius 3 is 3.00 bits per heavy atom. The number of anilines is 1. The smallest absolute Gasteiger partial charge is 0.128 e. The number of nitrogens with two attached hydrogens (primary N) is 1. The molecule has 0 amide bonds. The molecule has 0 saturated carbocycles. The van der Waals surface area contributed by atoms with Gasteiger partial charge >= 0.3 is 0 Å². The summed E-state index contributed by atoms with van der Waals surface area (Å²) >= 11 is 6.02. The number of fused-ring (bicyclic) bond motifs is 1. The van der Waals surface area contributed by atoms with Gasteiger partial charge in [-0.05, 0) is 23.6 Å². The zero-order valence-corrected chi connectivity index (χ0v) is 11.7. The van der Waals surface area contributed by atoms with Crippen LogP contribution in [0.15, 0.2) is 24.4 Å². The van der Waals surface area contributed by atoms with Crippen LogP contribution in [0, 0.1) is 0 Å². The van der Waals surface area contributed by atoms with Crippen molar-refractivity contribution in [1.82, 2.24) is 14.5 Å². The van der Waals surface area contributed by atoms with Crippen molar-refractivity contribution < 1.29 is 0 Å². The van der Waals surface area contributed by atoms with Gasteiger partial charge in [0.25, 0.3) is 0 Å². The molecule has 4 nitrogen and oxygen atoms in total. The summed E-state index contributed by atoms with van der Waals surface area (Å²) in [6.07, 6.45) is 2.74. The van der Waals surface area contributed by atoms with Crippen molar-refractivity contribution in [3.8, 4) is 0 Å². The van der Waals surface area contributed by atoms with Gasteiger partial charge in [0.1, 0.15) is 11.0 Å². The molecule has 1 aliphatic rings. The normalized spacial score (nSPS) is 15.5. The molecule has 2 heterocycles. The largest absolute Gasteiger partial charge is 0.398 e. The number of hydrogen-bond donors (Lipinski definition) is 1. The molecule has 100 valence electrons. The number of nitrogens with zero attached hydrogens (tertiary/aromatic N) is 3. The lowest BCUT2D eigenvalue weighted by Gasteiger charge is -2.29. The lowest BCUT2D eigenvalue weighted by Crippen LogP contribution is -2.31. The van der Waals surface area contributed by atoms with Gasteiger partial charge in [-0.15, -0.1) is 0 Å². The maximum Gasteiger partial charge on any atom is 0.128 e. The summed E-state index contributed by atoms with van der Waals surface area (Å²) in [5.74, 6) is 0.989. The quantitative estimate of drug-likeness (QED) is 0.856. The van der Waals surface area contributed by atoms with E-state index in [-0.39, 0.29) is 0 Å². The van der Waals surface area contributed by atoms with Crippen molar-refractivity contribution in [3.63, 3.8) is 0 Å². The summed E-state index contributed by atoms with van der Waals surface area (Å²) in [6, 6.07) is 6.17. The van der Waals surface area contributed by atoms with Crippen molar-refractivity contribution >= 4 is 17.3 Å². The molecule has 0 saturated heterocycles. The molecule has 2 N–H and O–H groups in total. The SMILES string of the molecule is Cn1c(Cl)cnc1CN1CCc2cccc(N)c2C1. The van der Waals surface area contributed by atoms with Gasteiger partial charge in [0.05, 0.1) is 12.7 Å². The van der Waals surface area contributed by atoms with Crippen molar-refractivity contribution in [1.29, 1.82) is 0 Å². The van der Waals surface area contributed by atoms with Crippen molar-refractivity contribution in [2.75, 3.05) is 12.3 Å². The first-order valence-corrected chi connectivity index (χ1v) is 6.77. The van der Waals surface area contributed by atoms with E-state index in [1.807, 2.05) is 23.7 Å². The second-order valence-electron chi connectivity index (χ2n) is 5.00. The second kappa shape index (κ2) is 4.87. The first-order chi connectivity index (χ1) is 9.15. The van der Waals surface area contributed by atoms with Crippen LogP contribution in [0.25, 0.3) is 0 Å². The van der Waals surface area contributed by atoms with E-state index in [0.717, 1.165) is 37.6 Å². The van der Waals surface area contributed by atoms with E-state index >= 15 is 0 Å². The number of nitrogen functional groups attached to an aromatic ring is 1. The molecule has 1 aliphatic heterocycles. The molecular formula is C14H17ClN4. The number of halogens is 1. The molecule has 19 heavy (non-hydrogen) atoms. The minimum absolute atomic E-state index is 0.673. The zero-order valence-electron chi connectivity index (χ0n) is 10.9. The predicted octanol–water partition coefficient (Wildman–Crippen LogP) is 2.21. The van der Waals surface area contributed by atoms with Crippen LogP contribution >= 0.6 is 11.6 Å². The molecule has 0 unspecified atom stereocenters. The van der Waals surface area contributed by atoms with Crippen LogP contribution < -0.4 is 5.73 Å². The van der Waals surface area contributed by atoms with E-state index in [9.17, 15) is 0 Å². The van der Waals surface area contributed by atoms with Crippen LogP contribution in [-0.2, 0) is 26.6 Å². The zero-order chi connectivity index (χ0) is 13.4. The van der Waals surface area contributed by atoms with Gasteiger partial charge in [-0.25, -0.2) is 4.98 Å². The van der Waals surface area contributed by atoms with Gasteiger partial charge < -0.3 is 10.3 Å². The molecular weight excluding hydrogens is 260 g/mol. The standard InChI is InChI=1S/C14H17ClN4/c1-18-13(15)7-17-14(18)9-19-6-5-10-3-2-4-12(16)11(10)8-19/h2-4,7H,5-6,8-9,16H2,1H3. The first-order valence-electron chi connectivity index (χ1n) is 6.40. The molecule has 5 heteroatoms. The maximum absolute atomic E-state index is 6.06. The molecule has 0 aliphatic carbocycles. The fourth-order valence-electron chi connectivity index (χ4n) is 2.57. The monoisotopic (exact) mass is 276 g/mol. The Morgan fingerprint density at radius 2 is 2.26 bits per heavy atom. The molecule has 1 aromatic carbocycles. The molecule has 0 atom stereocenters. The lowest BCUT2D eigenvalue weighted by atomic mass is 9.98. The molecule has 0 bridgehead atoms. The molecule has 1 aromatic heterocycles. The van der Waals surface area contributed by atoms with Gasteiger partial charge in [0.15, 0.2) is 0 Å². The minimum Gasteiger partial charge on any atom is -0.398 e. The van der Waals surface area contributed by atoms with Crippen LogP contribution in [-0.4, -0.2) is 21.0 Å². The first kappa shape index (κ1) is 12.5. The Balaban J connectivity index is 1.79. The second-order valence-corrected chi connectivity index (χ2v) is 5.39. The highest BCUT2D eigenvalue weighted by Gasteiger charge is 2.19. The summed E-state index contributed by atoms with van der Waals surface area (Å²) in [5.41, 5.74) is 9.58. The number of imidazole rings is 1. The summed E-state index contributed by atoms with van der Waals surface area (Å²) in [5, 5.41) is 0.673. The summed E-state index contributed by atoms with van der Waals surface area (Å²) < 4.78 is 1.92. The van der Waals surface area contributed by atoms with Crippen LogP contribution in [0.2, 0.25) is 5.15 Å². The van der Waals surface area contributed by atoms with E-state index in [1.165, 1.54) is 11.1 Å². The van der Waals surface area contributed by atoms with Crippen molar-refractivity contribution in [2.45, 2.75) is 19.5 Å².